The summed E-state index contributed by atoms with van der Waals surface area (Å²) in [5.41, 5.74) is 1.33. The molecule has 0 aliphatic rings. The Balaban J connectivity index is 1.96. The van der Waals surface area contributed by atoms with E-state index >= 15 is 0 Å². The minimum absolute atomic E-state index is 0.211. The van der Waals surface area contributed by atoms with Gasteiger partial charge in [0, 0.05) is 11.8 Å². The molecule has 1 atom stereocenters. The molecule has 112 valence electrons. The molecule has 5 heteroatoms. The molecule has 0 spiro atoms. The Morgan fingerprint density at radius 2 is 2.05 bits per heavy atom. The second kappa shape index (κ2) is 6.22. The third-order valence-electron chi connectivity index (χ3n) is 3.40. The number of para-hydroxylation sites is 1. The van der Waals surface area contributed by atoms with Crippen LogP contribution >= 0.6 is 0 Å². The summed E-state index contributed by atoms with van der Waals surface area (Å²) in [5.74, 6) is 1.12. The number of hydrogen-bond donors (Lipinski definition) is 2. The number of aromatic nitrogens is 1. The van der Waals surface area contributed by atoms with Crippen molar-refractivity contribution in [3.63, 3.8) is 0 Å². The summed E-state index contributed by atoms with van der Waals surface area (Å²) in [6.45, 7) is 0. The lowest BCUT2D eigenvalue weighted by atomic mass is 10.0. The molecule has 5 nitrogen and oxygen atoms in total. The van der Waals surface area contributed by atoms with Gasteiger partial charge in [-0.25, -0.2) is 0 Å². The number of H-pyrrole nitrogens is 1. The summed E-state index contributed by atoms with van der Waals surface area (Å²) >= 11 is 0. The first-order valence-corrected chi connectivity index (χ1v) is 6.90. The summed E-state index contributed by atoms with van der Waals surface area (Å²) in [6, 6.07) is 14.2. The number of carbonyl (C=O) groups excluding carboxylic acids is 1. The van der Waals surface area contributed by atoms with Crippen LogP contribution in [0.5, 0.6) is 5.75 Å². The van der Waals surface area contributed by atoms with E-state index in [1.807, 2.05) is 30.3 Å². The zero-order valence-corrected chi connectivity index (χ0v) is 12.1. The van der Waals surface area contributed by atoms with Crippen molar-refractivity contribution in [1.29, 1.82) is 0 Å². The predicted octanol–water partition coefficient (Wildman–Crippen LogP) is 3.14. The Morgan fingerprint density at radius 1 is 1.18 bits per heavy atom. The van der Waals surface area contributed by atoms with Gasteiger partial charge < -0.3 is 19.5 Å². The average Bonchev–Trinajstić information content (AvgIpc) is 3.25. The lowest BCUT2D eigenvalue weighted by Crippen LogP contribution is -2.29. The van der Waals surface area contributed by atoms with E-state index in [2.05, 4.69) is 10.3 Å². The van der Waals surface area contributed by atoms with Crippen LogP contribution in [0.2, 0.25) is 0 Å². The molecule has 1 aromatic carbocycles. The number of amides is 1. The van der Waals surface area contributed by atoms with Crippen LogP contribution in [0.1, 0.15) is 27.9 Å². The highest BCUT2D eigenvalue weighted by Gasteiger charge is 2.23. The number of aromatic amines is 1. The molecule has 2 heterocycles. The molecular weight excluding hydrogens is 280 g/mol. The number of methoxy groups -OCH3 is 1. The van der Waals surface area contributed by atoms with Gasteiger partial charge in [0.15, 0.2) is 0 Å². The van der Waals surface area contributed by atoms with Crippen LogP contribution < -0.4 is 10.1 Å². The third-order valence-corrected chi connectivity index (χ3v) is 3.40. The van der Waals surface area contributed by atoms with Gasteiger partial charge in [-0.15, -0.1) is 0 Å². The first-order chi connectivity index (χ1) is 10.8. The van der Waals surface area contributed by atoms with E-state index in [9.17, 15) is 4.79 Å². The maximum Gasteiger partial charge on any atom is 0.268 e. The highest BCUT2D eigenvalue weighted by Crippen LogP contribution is 2.30. The molecule has 1 amide bonds. The van der Waals surface area contributed by atoms with Crippen molar-refractivity contribution in [3.8, 4) is 5.75 Å². The summed E-state index contributed by atoms with van der Waals surface area (Å²) < 4.78 is 10.9. The minimum atomic E-state index is -0.429. The Bertz CT molecular complexity index is 733. The van der Waals surface area contributed by atoms with Gasteiger partial charge in [-0.05, 0) is 30.3 Å². The molecule has 2 aromatic heterocycles. The molecular formula is C17H16N2O3. The number of furan rings is 1. The molecule has 0 aliphatic carbocycles. The second-order valence-electron chi connectivity index (χ2n) is 4.75. The van der Waals surface area contributed by atoms with Crippen molar-refractivity contribution in [3.05, 3.63) is 78.0 Å². The third kappa shape index (κ3) is 2.74. The Hall–Kier alpha value is -2.95. The van der Waals surface area contributed by atoms with Crippen LogP contribution in [-0.2, 0) is 0 Å². The molecule has 0 aliphatic heterocycles. The minimum Gasteiger partial charge on any atom is -0.496 e. The monoisotopic (exact) mass is 296 g/mol. The summed E-state index contributed by atoms with van der Waals surface area (Å²) in [6.07, 6.45) is 3.29. The van der Waals surface area contributed by atoms with Gasteiger partial charge in [0.1, 0.15) is 23.2 Å². The van der Waals surface area contributed by atoms with E-state index in [0.717, 1.165) is 5.56 Å². The molecule has 22 heavy (non-hydrogen) atoms. The molecule has 0 radical (unpaired) electrons. The summed E-state index contributed by atoms with van der Waals surface area (Å²) in [4.78, 5) is 15.3. The van der Waals surface area contributed by atoms with Gasteiger partial charge in [0.2, 0.25) is 0 Å². The van der Waals surface area contributed by atoms with Crippen molar-refractivity contribution in [2.24, 2.45) is 0 Å². The molecule has 0 bridgehead atoms. The standard InChI is InChI=1S/C17H16N2O3/c1-21-14-8-3-2-6-12(14)16(15-9-5-11-22-15)19-17(20)13-7-4-10-18-13/h2-11,16,18H,1H3,(H,19,20). The van der Waals surface area contributed by atoms with Crippen LogP contribution in [0.4, 0.5) is 0 Å². The van der Waals surface area contributed by atoms with E-state index < -0.39 is 6.04 Å². The summed E-state index contributed by atoms with van der Waals surface area (Å²) in [5, 5.41) is 2.97. The molecule has 1 unspecified atom stereocenters. The van der Waals surface area contributed by atoms with Gasteiger partial charge in [0.25, 0.3) is 5.91 Å². The largest absolute Gasteiger partial charge is 0.496 e. The molecule has 0 saturated carbocycles. The first-order valence-electron chi connectivity index (χ1n) is 6.90. The SMILES string of the molecule is COc1ccccc1C(NC(=O)c1ccc[nH]1)c1ccco1. The van der Waals surface area contributed by atoms with E-state index in [-0.39, 0.29) is 5.91 Å². The van der Waals surface area contributed by atoms with Gasteiger partial charge in [-0.3, -0.25) is 4.79 Å². The molecule has 2 N–H and O–H groups in total. The normalized spacial score (nSPS) is 11.9. The number of carbonyl (C=O) groups is 1. The Kier molecular flexibility index (Phi) is 3.96. The van der Waals surface area contributed by atoms with E-state index in [0.29, 0.717) is 17.2 Å². The van der Waals surface area contributed by atoms with E-state index in [4.69, 9.17) is 9.15 Å². The lowest BCUT2D eigenvalue weighted by Gasteiger charge is -2.19. The highest BCUT2D eigenvalue weighted by molar-refractivity contribution is 5.92. The summed E-state index contributed by atoms with van der Waals surface area (Å²) in [7, 11) is 1.60. The zero-order valence-electron chi connectivity index (χ0n) is 12.1. The van der Waals surface area contributed by atoms with Crippen molar-refractivity contribution < 1.29 is 13.9 Å². The Labute approximate surface area is 127 Å². The zero-order chi connectivity index (χ0) is 15.4. The maximum atomic E-state index is 12.4. The number of rotatable bonds is 5. The van der Waals surface area contributed by atoms with E-state index in [1.54, 1.807) is 37.8 Å². The van der Waals surface area contributed by atoms with Crippen molar-refractivity contribution in [1.82, 2.24) is 10.3 Å². The van der Waals surface area contributed by atoms with Crippen LogP contribution in [0.25, 0.3) is 0 Å². The Morgan fingerprint density at radius 3 is 2.73 bits per heavy atom. The number of hydrogen-bond acceptors (Lipinski definition) is 3. The fourth-order valence-electron chi connectivity index (χ4n) is 2.34. The smallest absolute Gasteiger partial charge is 0.268 e. The number of ether oxygens (including phenoxy) is 1. The van der Waals surface area contributed by atoms with Gasteiger partial charge in [-0.2, -0.15) is 0 Å². The molecule has 0 fully saturated rings. The fourth-order valence-corrected chi connectivity index (χ4v) is 2.34. The number of nitrogens with one attached hydrogen (secondary N) is 2. The topological polar surface area (TPSA) is 67.3 Å². The molecule has 3 aromatic rings. The van der Waals surface area contributed by atoms with Crippen molar-refractivity contribution in [2.75, 3.05) is 7.11 Å². The lowest BCUT2D eigenvalue weighted by molar-refractivity contribution is 0.0934. The molecule has 0 saturated heterocycles. The maximum absolute atomic E-state index is 12.4. The number of benzene rings is 1. The predicted molar refractivity (Wildman–Crippen MR) is 81.8 cm³/mol. The first kappa shape index (κ1) is 14.0. The van der Waals surface area contributed by atoms with Crippen molar-refractivity contribution >= 4 is 5.91 Å². The van der Waals surface area contributed by atoms with Crippen LogP contribution in [0.15, 0.2) is 65.4 Å². The average molecular weight is 296 g/mol. The van der Waals surface area contributed by atoms with Crippen molar-refractivity contribution in [2.45, 2.75) is 6.04 Å². The van der Waals surface area contributed by atoms with Crippen LogP contribution in [-0.4, -0.2) is 18.0 Å². The van der Waals surface area contributed by atoms with Gasteiger partial charge in [-0.1, -0.05) is 18.2 Å². The van der Waals surface area contributed by atoms with Crippen LogP contribution in [0.3, 0.4) is 0 Å². The fraction of sp³-hybridized carbons (Fsp3) is 0.118. The van der Waals surface area contributed by atoms with Crippen LogP contribution in [0, 0.1) is 0 Å². The molecule has 3 rings (SSSR count). The van der Waals surface area contributed by atoms with Gasteiger partial charge in [0.05, 0.1) is 13.4 Å². The quantitative estimate of drug-likeness (QED) is 0.760. The van der Waals surface area contributed by atoms with E-state index in [1.165, 1.54) is 0 Å². The van der Waals surface area contributed by atoms with Gasteiger partial charge >= 0.3 is 0 Å². The second-order valence-corrected chi connectivity index (χ2v) is 4.75. The highest BCUT2D eigenvalue weighted by atomic mass is 16.5.